The molecule has 5 nitrogen and oxygen atoms in total. The number of carbonyl (C=O) groups excluding carboxylic acids is 3. The zero-order valence-corrected chi connectivity index (χ0v) is 31.3. The highest BCUT2D eigenvalue weighted by atomic mass is 16.1. The van der Waals surface area contributed by atoms with Crippen LogP contribution in [0, 0.1) is 34.0 Å². The minimum Gasteiger partial charge on any atom is -0.342 e. The number of hydrogen-bond acceptors (Lipinski definition) is 5. The number of Topliss-reactive ketones (excluding diaryl/α,β-unsaturated/α-hetero) is 2. The average Bonchev–Trinajstić information content (AvgIpc) is 2.91. The maximum absolute atomic E-state index is 14.3. The Balaban J connectivity index is 3.76. The summed E-state index contributed by atoms with van der Waals surface area (Å²) in [6, 6.07) is 0. The minimum absolute atomic E-state index is 0.0123. The summed E-state index contributed by atoms with van der Waals surface area (Å²) in [6.07, 6.45) is 6.70. The van der Waals surface area contributed by atoms with Crippen molar-refractivity contribution in [2.75, 3.05) is 6.54 Å². The normalized spacial score (nSPS) is 26.9. The van der Waals surface area contributed by atoms with Crippen molar-refractivity contribution in [3.63, 3.8) is 0 Å². The summed E-state index contributed by atoms with van der Waals surface area (Å²) in [5.41, 5.74) is -2.31. The molecule has 5 unspecified atom stereocenters. The Morgan fingerprint density at radius 2 is 1.42 bits per heavy atom. The van der Waals surface area contributed by atoms with E-state index in [2.05, 4.69) is 100 Å². The van der Waals surface area contributed by atoms with Crippen LogP contribution in [0.1, 0.15) is 162 Å². The first kappa shape index (κ1) is 40.0. The Morgan fingerprint density at radius 1 is 0.884 bits per heavy atom. The van der Waals surface area contributed by atoms with Gasteiger partial charge in [0.15, 0.2) is 0 Å². The number of carbonyl (C=O) groups is 3. The Kier molecular flexibility index (Phi) is 13.6. The van der Waals surface area contributed by atoms with Crippen LogP contribution < -0.4 is 5.23 Å². The van der Waals surface area contributed by atoms with E-state index in [0.717, 1.165) is 45.1 Å². The summed E-state index contributed by atoms with van der Waals surface area (Å²) in [6.45, 7) is 35.8. The lowest BCUT2D eigenvalue weighted by Gasteiger charge is -2.60. The summed E-state index contributed by atoms with van der Waals surface area (Å²) in [4.78, 5) is 43.6. The zero-order chi connectivity index (χ0) is 33.8. The maximum Gasteiger partial charge on any atom is 0.296 e. The first-order valence-corrected chi connectivity index (χ1v) is 17.4. The Hall–Kier alpha value is -1.01. The predicted molar refractivity (Wildman–Crippen MR) is 184 cm³/mol. The van der Waals surface area contributed by atoms with Crippen LogP contribution in [0.25, 0.3) is 0 Å². The van der Waals surface area contributed by atoms with Gasteiger partial charge in [-0.25, -0.2) is 0 Å². The lowest BCUT2D eigenvalue weighted by molar-refractivity contribution is -0.145. The number of rotatable bonds is 14. The van der Waals surface area contributed by atoms with Gasteiger partial charge in [0.2, 0.25) is 0 Å². The van der Waals surface area contributed by atoms with Crippen molar-refractivity contribution in [2.24, 2.45) is 34.0 Å². The number of hydrogen-bond donors (Lipinski definition) is 1. The molecule has 1 radical (unpaired) electrons. The molecule has 0 spiro atoms. The van der Waals surface area contributed by atoms with Gasteiger partial charge in [0.25, 0.3) is 7.41 Å². The van der Waals surface area contributed by atoms with Gasteiger partial charge in [-0.05, 0) is 103 Å². The molecule has 6 heteroatoms. The monoisotopic (exact) mass is 602 g/mol. The van der Waals surface area contributed by atoms with E-state index in [1.165, 1.54) is 0 Å². The van der Waals surface area contributed by atoms with Crippen molar-refractivity contribution >= 4 is 24.7 Å². The van der Waals surface area contributed by atoms with E-state index in [0.29, 0.717) is 24.5 Å². The lowest BCUT2D eigenvalue weighted by atomic mass is 9.55. The Bertz CT molecular complexity index is 971. The van der Waals surface area contributed by atoms with E-state index in [-0.39, 0.29) is 39.7 Å². The van der Waals surface area contributed by atoms with Gasteiger partial charge in [-0.3, -0.25) is 14.5 Å². The van der Waals surface area contributed by atoms with Crippen molar-refractivity contribution < 1.29 is 14.4 Å². The van der Waals surface area contributed by atoms with Gasteiger partial charge in [0.05, 0.1) is 5.54 Å². The first-order chi connectivity index (χ1) is 19.5. The molecule has 0 aromatic heterocycles. The molecule has 5 atom stereocenters. The van der Waals surface area contributed by atoms with Crippen LogP contribution >= 0.6 is 0 Å². The second-order valence-electron chi connectivity index (χ2n) is 16.9. The van der Waals surface area contributed by atoms with Crippen LogP contribution in [0.5, 0.6) is 0 Å². The van der Waals surface area contributed by atoms with Crippen molar-refractivity contribution in [1.29, 1.82) is 0 Å². The molecule has 0 amide bonds. The summed E-state index contributed by atoms with van der Waals surface area (Å²) in [5.74, 6) is 0.958. The molecular formula is C37H70BN2O3. The second-order valence-corrected chi connectivity index (χ2v) is 16.9. The van der Waals surface area contributed by atoms with Gasteiger partial charge in [0.1, 0.15) is 17.2 Å². The molecule has 0 aliphatic carbocycles. The molecule has 0 saturated carbocycles. The summed E-state index contributed by atoms with van der Waals surface area (Å²) < 4.78 is 0. The van der Waals surface area contributed by atoms with Gasteiger partial charge in [0, 0.05) is 34.9 Å². The van der Waals surface area contributed by atoms with Crippen LogP contribution in [-0.2, 0) is 14.4 Å². The lowest BCUT2D eigenvalue weighted by Crippen LogP contribution is -2.68. The van der Waals surface area contributed by atoms with Gasteiger partial charge in [-0.2, -0.15) is 0 Å². The Morgan fingerprint density at radius 3 is 1.84 bits per heavy atom. The summed E-state index contributed by atoms with van der Waals surface area (Å²) in [7, 11) is 1.59. The molecule has 1 aliphatic rings. The Labute approximate surface area is 268 Å². The van der Waals surface area contributed by atoms with E-state index in [9.17, 15) is 14.4 Å². The highest BCUT2D eigenvalue weighted by Gasteiger charge is 2.56. The van der Waals surface area contributed by atoms with E-state index in [1.54, 1.807) is 14.3 Å². The fourth-order valence-corrected chi connectivity index (χ4v) is 8.68. The molecule has 0 aromatic carbocycles. The highest BCUT2D eigenvalue weighted by Crippen LogP contribution is 2.52. The topological polar surface area (TPSA) is 66.5 Å². The van der Waals surface area contributed by atoms with Crippen LogP contribution in [0.3, 0.4) is 0 Å². The van der Waals surface area contributed by atoms with Crippen LogP contribution in [0.4, 0.5) is 0 Å². The average molecular weight is 602 g/mol. The highest BCUT2D eigenvalue weighted by molar-refractivity contribution is 6.73. The molecule has 249 valence electrons. The van der Waals surface area contributed by atoms with E-state index in [4.69, 9.17) is 0 Å². The molecule has 1 aliphatic heterocycles. The van der Waals surface area contributed by atoms with Gasteiger partial charge < -0.3 is 10.0 Å². The van der Waals surface area contributed by atoms with Crippen molar-refractivity contribution in [1.82, 2.24) is 10.1 Å². The molecule has 1 rings (SSSR count). The molecule has 1 heterocycles. The van der Waals surface area contributed by atoms with Crippen LogP contribution in [-0.4, -0.2) is 52.7 Å². The predicted octanol–water partition coefficient (Wildman–Crippen LogP) is 8.64. The zero-order valence-electron chi connectivity index (χ0n) is 31.3. The van der Waals surface area contributed by atoms with Gasteiger partial charge in [-0.15, -0.1) is 0 Å². The molecular weight excluding hydrogens is 531 g/mol. The molecule has 0 aromatic rings. The quantitative estimate of drug-likeness (QED) is 0.202. The fourth-order valence-electron chi connectivity index (χ4n) is 8.68. The third kappa shape index (κ3) is 8.63. The fraction of sp³-hybridized carbons (Fsp3) is 0.919. The summed E-state index contributed by atoms with van der Waals surface area (Å²) >= 11 is 0. The largest absolute Gasteiger partial charge is 0.342 e. The minimum atomic E-state index is -0.761. The molecule has 1 fully saturated rings. The number of nitrogens with one attached hydrogen (secondary N) is 1. The molecule has 1 N–H and O–H groups in total. The van der Waals surface area contributed by atoms with E-state index in [1.807, 2.05) is 13.8 Å². The standard InChI is InChI=1S/C37H70BN2O3/c1-17-28(18-2)30(42)29-23-32(8,9)22-26(6)24-40(34(12,13)25-33(29,10)11)37(16,21-5)35(14,19-3)31(43)38-39-36(15,20-4)27(7)41/h26,28-29,39H,17-25H2,1-16H3. The molecule has 1 saturated heterocycles. The van der Waals surface area contributed by atoms with Gasteiger partial charge in [-0.1, -0.05) is 76.2 Å². The number of nitrogens with zero attached hydrogens (tertiary/aromatic N) is 1. The smallest absolute Gasteiger partial charge is 0.296 e. The second kappa shape index (κ2) is 14.6. The molecule has 0 bridgehead atoms. The van der Waals surface area contributed by atoms with Crippen LogP contribution in [0.15, 0.2) is 0 Å². The van der Waals surface area contributed by atoms with Gasteiger partial charge >= 0.3 is 0 Å². The SMILES string of the molecule is CCC(CC)C(=O)C1CC(C)(C)CC(C)CN(C(C)(CC)C(C)(CC)C(=O)[B]NC(C)(CC)C(C)=O)C(C)(C)CC1(C)C. The van der Waals surface area contributed by atoms with Crippen molar-refractivity contribution in [3.8, 4) is 0 Å². The van der Waals surface area contributed by atoms with Crippen molar-refractivity contribution in [2.45, 2.75) is 179 Å². The van der Waals surface area contributed by atoms with Crippen molar-refractivity contribution in [3.05, 3.63) is 0 Å². The van der Waals surface area contributed by atoms with E-state index < -0.39 is 16.5 Å². The molecule has 43 heavy (non-hydrogen) atoms. The maximum atomic E-state index is 14.3. The van der Waals surface area contributed by atoms with Crippen LogP contribution in [0.2, 0.25) is 0 Å². The third-order valence-corrected chi connectivity index (χ3v) is 12.2. The first-order valence-electron chi connectivity index (χ1n) is 17.4. The summed E-state index contributed by atoms with van der Waals surface area (Å²) in [5, 5.41) is 3.24. The number of ketones is 2. The van der Waals surface area contributed by atoms with E-state index >= 15 is 0 Å². The third-order valence-electron chi connectivity index (χ3n) is 12.2.